The van der Waals surface area contributed by atoms with E-state index in [9.17, 15) is 0 Å². The normalized spacial score (nSPS) is 69.7. The third kappa shape index (κ3) is 2.64. The number of fused-ring (bicyclic) bond motifs is 8. The highest BCUT2D eigenvalue weighted by Gasteiger charge is 2.67. The van der Waals surface area contributed by atoms with Gasteiger partial charge >= 0.3 is 0 Å². The molecule has 0 aromatic carbocycles. The molecule has 8 aliphatic carbocycles. The minimum atomic E-state index is 1.03. The molecule has 0 spiro atoms. The highest BCUT2D eigenvalue weighted by molar-refractivity contribution is 5.16. The minimum absolute atomic E-state index is 1.03. The lowest BCUT2D eigenvalue weighted by molar-refractivity contribution is -0.0545. The molecule has 0 aromatic rings. The zero-order chi connectivity index (χ0) is 23.2. The van der Waals surface area contributed by atoms with Gasteiger partial charge in [0.2, 0.25) is 0 Å². The highest BCUT2D eigenvalue weighted by atomic mass is 14.7. The molecular formula is C34H54. The van der Waals surface area contributed by atoms with Crippen LogP contribution in [0.25, 0.3) is 0 Å². The molecule has 0 saturated heterocycles. The van der Waals surface area contributed by atoms with Crippen molar-refractivity contribution in [3.05, 3.63) is 0 Å². The van der Waals surface area contributed by atoms with Gasteiger partial charge in [0.25, 0.3) is 0 Å². The van der Waals surface area contributed by atoms with Crippen molar-refractivity contribution < 1.29 is 0 Å². The van der Waals surface area contributed by atoms with Crippen LogP contribution in [0, 0.1) is 118 Å². The van der Waals surface area contributed by atoms with Crippen LogP contribution in [0.1, 0.15) is 92.9 Å². The molecule has 8 fully saturated rings. The first-order chi connectivity index (χ1) is 16.3. The van der Waals surface area contributed by atoms with Crippen LogP contribution >= 0.6 is 0 Å². The minimum Gasteiger partial charge on any atom is -0.0622 e. The van der Waals surface area contributed by atoms with Crippen LogP contribution in [-0.2, 0) is 0 Å². The van der Waals surface area contributed by atoms with E-state index in [1.54, 1.807) is 51.4 Å². The molecule has 0 N–H and O–H groups in total. The average Bonchev–Trinajstić information content (AvgIpc) is 3.61. The molecule has 8 saturated carbocycles. The molecule has 8 rings (SSSR count). The molecule has 190 valence electrons. The van der Waals surface area contributed by atoms with Crippen LogP contribution in [0.5, 0.6) is 0 Å². The van der Waals surface area contributed by atoms with Gasteiger partial charge in [0, 0.05) is 0 Å². The Morgan fingerprint density at radius 2 is 0.588 bits per heavy atom. The zero-order valence-electron chi connectivity index (χ0n) is 23.2. The van der Waals surface area contributed by atoms with E-state index < -0.39 is 0 Å². The molecule has 0 aromatic heterocycles. The van der Waals surface area contributed by atoms with Gasteiger partial charge in [-0.1, -0.05) is 41.5 Å². The molecule has 0 aliphatic heterocycles. The lowest BCUT2D eigenvalue weighted by atomic mass is 9.52. The fraction of sp³-hybridized carbons (Fsp3) is 1.00. The van der Waals surface area contributed by atoms with Gasteiger partial charge in [-0.05, 0) is 170 Å². The molecule has 8 aliphatic rings. The SMILES string of the molecule is CC1CC2CC1C(C1C3CC(CC3C)C1C1C3CC(C)C(C3)C1C1C(C)C3CC(C)C1C3)C2C. The van der Waals surface area contributed by atoms with Crippen molar-refractivity contribution in [3.8, 4) is 0 Å². The fourth-order valence-corrected chi connectivity index (χ4v) is 15.1. The van der Waals surface area contributed by atoms with E-state index in [0.717, 1.165) is 118 Å². The predicted octanol–water partition coefficient (Wildman–Crippen LogP) is 8.66. The molecular weight excluding hydrogens is 408 g/mol. The summed E-state index contributed by atoms with van der Waals surface area (Å²) in [6.07, 6.45) is 12.9. The maximum Gasteiger partial charge on any atom is -0.0315 e. The molecule has 34 heavy (non-hydrogen) atoms. The predicted molar refractivity (Wildman–Crippen MR) is 141 cm³/mol. The van der Waals surface area contributed by atoms with Gasteiger partial charge < -0.3 is 0 Å². The van der Waals surface area contributed by atoms with E-state index in [1.165, 1.54) is 0 Å². The molecule has 0 heterocycles. The second-order valence-electron chi connectivity index (χ2n) is 16.7. The Morgan fingerprint density at radius 1 is 0.294 bits per heavy atom. The lowest BCUT2D eigenvalue weighted by Crippen LogP contribution is -2.48. The lowest BCUT2D eigenvalue weighted by Gasteiger charge is -2.53. The van der Waals surface area contributed by atoms with Gasteiger partial charge in [-0.2, -0.15) is 0 Å². The van der Waals surface area contributed by atoms with Gasteiger partial charge in [0.1, 0.15) is 0 Å². The number of rotatable bonds is 3. The first kappa shape index (κ1) is 22.0. The summed E-state index contributed by atoms with van der Waals surface area (Å²) in [5, 5.41) is 0. The average molecular weight is 463 g/mol. The Labute approximate surface area is 211 Å². The Morgan fingerprint density at radius 3 is 0.941 bits per heavy atom. The third-order valence-electron chi connectivity index (χ3n) is 15.9. The molecule has 20 unspecified atom stereocenters. The fourth-order valence-electron chi connectivity index (χ4n) is 15.1. The zero-order valence-corrected chi connectivity index (χ0v) is 23.2. The maximum absolute atomic E-state index is 2.73. The summed E-state index contributed by atoms with van der Waals surface area (Å²) in [7, 11) is 0. The van der Waals surface area contributed by atoms with Gasteiger partial charge in [0.15, 0.2) is 0 Å². The van der Waals surface area contributed by atoms with Crippen LogP contribution in [0.2, 0.25) is 0 Å². The third-order valence-corrected chi connectivity index (χ3v) is 15.9. The summed E-state index contributed by atoms with van der Waals surface area (Å²) in [5.74, 6) is 21.7. The molecule has 0 heteroatoms. The van der Waals surface area contributed by atoms with Crippen LogP contribution in [-0.4, -0.2) is 0 Å². The van der Waals surface area contributed by atoms with E-state index in [-0.39, 0.29) is 0 Å². The summed E-state index contributed by atoms with van der Waals surface area (Å²) in [4.78, 5) is 0. The largest absolute Gasteiger partial charge is 0.0622 e. The number of hydrogen-bond acceptors (Lipinski definition) is 0. The topological polar surface area (TPSA) is 0 Å². The van der Waals surface area contributed by atoms with Gasteiger partial charge in [-0.3, -0.25) is 0 Å². The summed E-state index contributed by atoms with van der Waals surface area (Å²) >= 11 is 0. The smallest absolute Gasteiger partial charge is 0.0315 e. The summed E-state index contributed by atoms with van der Waals surface area (Å²) in [6.45, 7) is 16.1. The van der Waals surface area contributed by atoms with E-state index in [1.807, 2.05) is 0 Å². The molecule has 20 atom stereocenters. The van der Waals surface area contributed by atoms with E-state index in [4.69, 9.17) is 0 Å². The van der Waals surface area contributed by atoms with Gasteiger partial charge in [0.05, 0.1) is 0 Å². The van der Waals surface area contributed by atoms with Gasteiger partial charge in [-0.15, -0.1) is 0 Å². The van der Waals surface area contributed by atoms with Crippen molar-refractivity contribution in [1.82, 2.24) is 0 Å². The summed E-state index contributed by atoms with van der Waals surface area (Å²) < 4.78 is 0. The first-order valence-electron chi connectivity index (χ1n) is 16.3. The van der Waals surface area contributed by atoms with Crippen molar-refractivity contribution in [2.75, 3.05) is 0 Å². The van der Waals surface area contributed by atoms with Crippen LogP contribution in [0.4, 0.5) is 0 Å². The monoisotopic (exact) mass is 462 g/mol. The summed E-state index contributed by atoms with van der Waals surface area (Å²) in [6, 6.07) is 0. The van der Waals surface area contributed by atoms with Crippen molar-refractivity contribution in [2.45, 2.75) is 92.9 Å². The second kappa shape index (κ2) is 7.31. The maximum atomic E-state index is 2.73. The van der Waals surface area contributed by atoms with Crippen molar-refractivity contribution in [3.63, 3.8) is 0 Å². The van der Waals surface area contributed by atoms with Gasteiger partial charge in [-0.25, -0.2) is 0 Å². The molecule has 0 radical (unpaired) electrons. The van der Waals surface area contributed by atoms with Crippen LogP contribution < -0.4 is 0 Å². The molecule has 0 nitrogen and oxygen atoms in total. The first-order valence-corrected chi connectivity index (χ1v) is 16.3. The second-order valence-corrected chi connectivity index (χ2v) is 16.7. The highest BCUT2D eigenvalue weighted by Crippen LogP contribution is 2.74. The van der Waals surface area contributed by atoms with Crippen LogP contribution in [0.3, 0.4) is 0 Å². The summed E-state index contributed by atoms with van der Waals surface area (Å²) in [5.41, 5.74) is 0. The standard InChI is InChI=1S/C34H54/c1-15-7-21-11-25(15)29(19(21)5)33-27-13-23(9-17(27)3)31(33)32-24-10-18(4)28(14-24)34(32)30-20(6)22-8-16(2)26(30)12-22/h15-34H,7-14H2,1-6H3. The quantitative estimate of drug-likeness (QED) is 0.393. The van der Waals surface area contributed by atoms with Crippen LogP contribution in [0.15, 0.2) is 0 Å². The van der Waals surface area contributed by atoms with E-state index in [2.05, 4.69) is 41.5 Å². The Hall–Kier alpha value is 0. The van der Waals surface area contributed by atoms with Crippen molar-refractivity contribution in [2.24, 2.45) is 118 Å². The van der Waals surface area contributed by atoms with Crippen molar-refractivity contribution in [1.29, 1.82) is 0 Å². The molecule has 0 amide bonds. The Kier molecular flexibility index (Phi) is 4.73. The van der Waals surface area contributed by atoms with E-state index >= 15 is 0 Å². The number of hydrogen-bond donors (Lipinski definition) is 0. The van der Waals surface area contributed by atoms with E-state index in [0.29, 0.717) is 0 Å². The van der Waals surface area contributed by atoms with Crippen molar-refractivity contribution >= 4 is 0 Å². The Balaban J connectivity index is 1.19. The molecule has 8 bridgehead atoms. The Bertz CT molecular complexity index is 760.